The van der Waals surface area contributed by atoms with Crippen molar-refractivity contribution in [2.75, 3.05) is 28.2 Å². The predicted octanol–water partition coefficient (Wildman–Crippen LogP) is 4.08. The Kier molecular flexibility index (Phi) is 7.98. The van der Waals surface area contributed by atoms with Crippen LogP contribution in [-0.4, -0.2) is 53.8 Å². The monoisotopic (exact) mass is 288 g/mol. The molecule has 0 aliphatic rings. The van der Waals surface area contributed by atoms with Gasteiger partial charge in [-0.3, -0.25) is 0 Å². The maximum atomic E-state index is 2.48. The van der Waals surface area contributed by atoms with Crippen molar-refractivity contribution >= 4 is 16.5 Å². The van der Waals surface area contributed by atoms with Gasteiger partial charge < -0.3 is 9.13 Å². The van der Waals surface area contributed by atoms with Crippen LogP contribution in [0.2, 0.25) is 38.3 Å². The predicted molar refractivity (Wildman–Crippen MR) is 90.4 cm³/mol. The summed E-state index contributed by atoms with van der Waals surface area (Å²) >= 11 is 0. The first-order valence-corrected chi connectivity index (χ1v) is 13.8. The van der Waals surface area contributed by atoms with Gasteiger partial charge in [-0.05, 0) is 40.3 Å². The van der Waals surface area contributed by atoms with E-state index in [0.717, 1.165) is 0 Å². The van der Waals surface area contributed by atoms with Gasteiger partial charge in [0, 0.05) is 0 Å². The van der Waals surface area contributed by atoms with Crippen molar-refractivity contribution in [3.8, 4) is 0 Å². The van der Waals surface area contributed by atoms with Gasteiger partial charge in [0.25, 0.3) is 0 Å². The molecule has 0 fully saturated rings. The van der Waals surface area contributed by atoms with Gasteiger partial charge in [-0.2, -0.15) is 0 Å². The first-order chi connectivity index (χ1) is 8.09. The van der Waals surface area contributed by atoms with Gasteiger partial charge in [-0.1, -0.05) is 51.9 Å². The Morgan fingerprint density at radius 3 is 1.06 bits per heavy atom. The smallest absolute Gasteiger partial charge is 0.121 e. The molecule has 0 aromatic heterocycles. The van der Waals surface area contributed by atoms with Gasteiger partial charge in [0.1, 0.15) is 16.5 Å². The van der Waals surface area contributed by atoms with E-state index in [0.29, 0.717) is 0 Å². The summed E-state index contributed by atoms with van der Waals surface area (Å²) in [5.41, 5.74) is 0. The molecule has 110 valence electrons. The summed E-state index contributed by atoms with van der Waals surface area (Å²) in [6, 6.07) is 2.91. The Morgan fingerprint density at radius 1 is 0.556 bits per heavy atom. The second-order valence-corrected chi connectivity index (χ2v) is 17.4. The normalized spacial score (nSPS) is 13.7. The van der Waals surface area contributed by atoms with Crippen LogP contribution in [0.15, 0.2) is 0 Å². The third-order valence-electron chi connectivity index (χ3n) is 4.75. The van der Waals surface area contributed by atoms with Crippen LogP contribution in [0.4, 0.5) is 0 Å². The SMILES string of the molecule is CN(C)[Si](C)(C)CCCCCC[Si](C)(C)N(C)C. The lowest BCUT2D eigenvalue weighted by atomic mass is 10.2. The zero-order chi connectivity index (χ0) is 14.4. The van der Waals surface area contributed by atoms with E-state index in [2.05, 4.69) is 63.5 Å². The van der Waals surface area contributed by atoms with E-state index < -0.39 is 16.5 Å². The highest BCUT2D eigenvalue weighted by Gasteiger charge is 2.24. The second-order valence-electron chi connectivity index (χ2n) is 7.33. The molecule has 0 saturated carbocycles. The molecule has 4 heteroatoms. The summed E-state index contributed by atoms with van der Waals surface area (Å²) in [5, 5.41) is 0. The zero-order valence-electron chi connectivity index (χ0n) is 14.1. The molecule has 0 unspecified atom stereocenters. The van der Waals surface area contributed by atoms with Gasteiger partial charge >= 0.3 is 0 Å². The van der Waals surface area contributed by atoms with Crippen LogP contribution in [0.5, 0.6) is 0 Å². The van der Waals surface area contributed by atoms with Crippen LogP contribution < -0.4 is 0 Å². The molecule has 0 saturated heterocycles. The minimum absolute atomic E-state index is 1.06. The molecule has 0 bridgehead atoms. The molecule has 0 spiro atoms. The van der Waals surface area contributed by atoms with E-state index in [1.807, 2.05) is 0 Å². The lowest BCUT2D eigenvalue weighted by Crippen LogP contribution is -2.43. The van der Waals surface area contributed by atoms with Crippen molar-refractivity contribution in [3.05, 3.63) is 0 Å². The van der Waals surface area contributed by atoms with E-state index in [-0.39, 0.29) is 0 Å². The van der Waals surface area contributed by atoms with Gasteiger partial charge in [-0.15, -0.1) is 0 Å². The van der Waals surface area contributed by atoms with Crippen LogP contribution in [0, 0.1) is 0 Å². The van der Waals surface area contributed by atoms with Crippen LogP contribution in [0.3, 0.4) is 0 Å². The largest absolute Gasteiger partial charge is 0.329 e. The fourth-order valence-corrected chi connectivity index (χ4v) is 5.04. The number of nitrogens with zero attached hydrogens (tertiary/aromatic N) is 2. The van der Waals surface area contributed by atoms with Crippen molar-refractivity contribution in [1.29, 1.82) is 0 Å². The first-order valence-electron chi connectivity index (χ1n) is 7.44. The lowest BCUT2D eigenvalue weighted by Gasteiger charge is -2.31. The van der Waals surface area contributed by atoms with Crippen molar-refractivity contribution in [2.45, 2.75) is 64.0 Å². The molecule has 0 aliphatic heterocycles. The number of hydrogen-bond donors (Lipinski definition) is 0. The lowest BCUT2D eigenvalue weighted by molar-refractivity contribution is 0.591. The summed E-state index contributed by atoms with van der Waals surface area (Å²) in [6.07, 6.45) is 5.73. The highest BCUT2D eigenvalue weighted by Crippen LogP contribution is 2.20. The number of unbranched alkanes of at least 4 members (excludes halogenated alkanes) is 3. The number of rotatable bonds is 9. The molecule has 0 rings (SSSR count). The van der Waals surface area contributed by atoms with E-state index in [1.165, 1.54) is 37.8 Å². The molecular weight excluding hydrogens is 252 g/mol. The van der Waals surface area contributed by atoms with Gasteiger partial charge in [0.2, 0.25) is 0 Å². The second kappa shape index (κ2) is 7.83. The molecule has 18 heavy (non-hydrogen) atoms. The Morgan fingerprint density at radius 2 is 0.833 bits per heavy atom. The molecule has 0 atom stereocenters. The molecule has 0 aromatic rings. The van der Waals surface area contributed by atoms with E-state index >= 15 is 0 Å². The van der Waals surface area contributed by atoms with Crippen molar-refractivity contribution < 1.29 is 0 Å². The fourth-order valence-electron chi connectivity index (χ4n) is 1.92. The third-order valence-corrected chi connectivity index (χ3v) is 12.7. The molecule has 0 amide bonds. The van der Waals surface area contributed by atoms with Gasteiger partial charge in [-0.25, -0.2) is 0 Å². The quantitative estimate of drug-likeness (QED) is 0.466. The maximum Gasteiger partial charge on any atom is 0.121 e. The Hall–Kier alpha value is 0.354. The summed E-state index contributed by atoms with van der Waals surface area (Å²) < 4.78 is 4.96. The maximum absolute atomic E-state index is 2.48. The summed E-state index contributed by atoms with van der Waals surface area (Å²) in [4.78, 5) is 0. The first kappa shape index (κ1) is 18.4. The standard InChI is InChI=1S/C14H36N2Si2/c1-15(2)17(5,6)13-11-9-10-12-14-18(7,8)16(3)4/h9-14H2,1-8H3. The van der Waals surface area contributed by atoms with Crippen LogP contribution >= 0.6 is 0 Å². The average Bonchev–Trinajstić information content (AvgIpc) is 2.22. The van der Waals surface area contributed by atoms with Gasteiger partial charge in [0.05, 0.1) is 0 Å². The molecule has 0 aliphatic carbocycles. The molecule has 2 nitrogen and oxygen atoms in total. The molecule has 0 radical (unpaired) electrons. The number of hydrogen-bond acceptors (Lipinski definition) is 2. The van der Waals surface area contributed by atoms with Crippen LogP contribution in [0.25, 0.3) is 0 Å². The van der Waals surface area contributed by atoms with E-state index in [4.69, 9.17) is 0 Å². The topological polar surface area (TPSA) is 6.48 Å². The molecule has 0 aromatic carbocycles. The Balaban J connectivity index is 3.65. The third kappa shape index (κ3) is 7.07. The Bertz CT molecular complexity index is 202. The Labute approximate surface area is 118 Å². The van der Waals surface area contributed by atoms with Crippen LogP contribution in [0.1, 0.15) is 25.7 Å². The molecule has 0 N–H and O–H groups in total. The minimum atomic E-state index is -1.06. The summed E-state index contributed by atoms with van der Waals surface area (Å²) in [5.74, 6) is 0. The van der Waals surface area contributed by atoms with E-state index in [9.17, 15) is 0 Å². The molecular formula is C14H36N2Si2. The summed E-state index contributed by atoms with van der Waals surface area (Å²) in [7, 11) is 6.87. The van der Waals surface area contributed by atoms with E-state index in [1.54, 1.807) is 0 Å². The minimum Gasteiger partial charge on any atom is -0.329 e. The average molecular weight is 289 g/mol. The van der Waals surface area contributed by atoms with Crippen molar-refractivity contribution in [2.24, 2.45) is 0 Å². The fraction of sp³-hybridized carbons (Fsp3) is 1.00. The van der Waals surface area contributed by atoms with Gasteiger partial charge in [0.15, 0.2) is 0 Å². The van der Waals surface area contributed by atoms with Crippen molar-refractivity contribution in [3.63, 3.8) is 0 Å². The highest BCUT2D eigenvalue weighted by atomic mass is 28.3. The zero-order valence-corrected chi connectivity index (χ0v) is 16.1. The molecule has 0 heterocycles. The van der Waals surface area contributed by atoms with Crippen LogP contribution in [-0.2, 0) is 0 Å². The highest BCUT2D eigenvalue weighted by molar-refractivity contribution is 6.74. The summed E-state index contributed by atoms with van der Waals surface area (Å²) in [6.45, 7) is 9.92. The van der Waals surface area contributed by atoms with Crippen molar-refractivity contribution in [1.82, 2.24) is 9.13 Å².